The molecule has 1 fully saturated rings. The molecule has 0 saturated carbocycles. The van der Waals surface area contributed by atoms with Gasteiger partial charge in [0, 0.05) is 31.0 Å². The summed E-state index contributed by atoms with van der Waals surface area (Å²) in [7, 11) is -2.66. The summed E-state index contributed by atoms with van der Waals surface area (Å²) in [5.41, 5.74) is 0.972. The quantitative estimate of drug-likeness (QED) is 0.691. The second-order valence-corrected chi connectivity index (χ2v) is 9.81. The fraction of sp³-hybridized carbons (Fsp3) is 0.391. The lowest BCUT2D eigenvalue weighted by Gasteiger charge is -2.33. The number of methoxy groups -OCH3 is 1. The van der Waals surface area contributed by atoms with Gasteiger partial charge in [-0.2, -0.15) is 4.31 Å². The first-order valence-corrected chi connectivity index (χ1v) is 12.1. The van der Waals surface area contributed by atoms with Crippen molar-refractivity contribution in [2.24, 2.45) is 5.92 Å². The normalized spacial score (nSPS) is 19.5. The van der Waals surface area contributed by atoms with Crippen molar-refractivity contribution < 1.29 is 27.5 Å². The van der Waals surface area contributed by atoms with Crippen molar-refractivity contribution in [2.75, 3.05) is 26.8 Å². The molecular formula is C23H26N2O6S. The van der Waals surface area contributed by atoms with Gasteiger partial charge in [-0.15, -0.1) is 0 Å². The molecule has 2 aromatic rings. The highest BCUT2D eigenvalue weighted by atomic mass is 32.2. The number of amides is 1. The molecular weight excluding hydrogens is 432 g/mol. The van der Waals surface area contributed by atoms with Gasteiger partial charge in [-0.25, -0.2) is 13.2 Å². The fourth-order valence-electron chi connectivity index (χ4n) is 4.25. The highest BCUT2D eigenvalue weighted by molar-refractivity contribution is 7.89. The highest BCUT2D eigenvalue weighted by Crippen LogP contribution is 2.32. The van der Waals surface area contributed by atoms with E-state index in [4.69, 9.17) is 9.47 Å². The van der Waals surface area contributed by atoms with Crippen LogP contribution in [0.5, 0.6) is 5.75 Å². The minimum Gasteiger partial charge on any atom is -0.493 e. The molecule has 2 heterocycles. The van der Waals surface area contributed by atoms with E-state index in [9.17, 15) is 18.0 Å². The van der Waals surface area contributed by atoms with Crippen LogP contribution < -0.4 is 10.1 Å². The largest absolute Gasteiger partial charge is 0.493 e. The zero-order valence-corrected chi connectivity index (χ0v) is 18.6. The van der Waals surface area contributed by atoms with Crippen LogP contribution in [0, 0.1) is 5.92 Å². The third kappa shape index (κ3) is 4.35. The van der Waals surface area contributed by atoms with Gasteiger partial charge in [0.15, 0.2) is 0 Å². The molecule has 1 amide bonds. The molecule has 170 valence electrons. The minimum absolute atomic E-state index is 0.00745. The summed E-state index contributed by atoms with van der Waals surface area (Å²) in [6.07, 6.45) is 1.52. The van der Waals surface area contributed by atoms with Crippen molar-refractivity contribution in [3.8, 4) is 5.75 Å². The van der Waals surface area contributed by atoms with Crippen LogP contribution in [-0.4, -0.2) is 51.4 Å². The maximum absolute atomic E-state index is 13.2. The van der Waals surface area contributed by atoms with Crippen molar-refractivity contribution in [3.63, 3.8) is 0 Å². The molecule has 1 atom stereocenters. The Balaban J connectivity index is 1.42. The number of esters is 1. The van der Waals surface area contributed by atoms with Crippen molar-refractivity contribution >= 4 is 21.9 Å². The number of rotatable bonds is 5. The van der Waals surface area contributed by atoms with E-state index in [1.165, 1.54) is 23.5 Å². The fourth-order valence-corrected chi connectivity index (χ4v) is 5.90. The highest BCUT2D eigenvalue weighted by Gasteiger charge is 2.35. The summed E-state index contributed by atoms with van der Waals surface area (Å²) in [5, 5.41) is 3.11. The molecule has 0 spiro atoms. The summed E-state index contributed by atoms with van der Waals surface area (Å²) in [6.45, 7) is 0.957. The minimum atomic E-state index is -3.88. The molecule has 8 nitrogen and oxygen atoms in total. The second kappa shape index (κ2) is 9.30. The Morgan fingerprint density at radius 1 is 1.03 bits per heavy atom. The molecule has 1 unspecified atom stereocenters. The predicted molar refractivity (Wildman–Crippen MR) is 117 cm³/mol. The number of para-hydroxylation sites is 1. The van der Waals surface area contributed by atoms with Crippen LogP contribution in [-0.2, 0) is 19.6 Å². The number of carbonyl (C=O) groups excluding carboxylic acids is 2. The number of sulfonamides is 1. The van der Waals surface area contributed by atoms with Gasteiger partial charge in [0.2, 0.25) is 15.9 Å². The van der Waals surface area contributed by atoms with Crippen LogP contribution in [0.25, 0.3) is 0 Å². The first kappa shape index (κ1) is 22.3. The number of ether oxygens (including phenoxy) is 2. The Labute approximate surface area is 187 Å². The van der Waals surface area contributed by atoms with Crippen LogP contribution in [0.2, 0.25) is 0 Å². The van der Waals surface area contributed by atoms with Gasteiger partial charge in [-0.3, -0.25) is 4.79 Å². The van der Waals surface area contributed by atoms with E-state index in [0.717, 1.165) is 11.3 Å². The lowest BCUT2D eigenvalue weighted by Crippen LogP contribution is -2.44. The van der Waals surface area contributed by atoms with Gasteiger partial charge in [0.1, 0.15) is 5.75 Å². The van der Waals surface area contributed by atoms with E-state index in [1.807, 2.05) is 24.3 Å². The van der Waals surface area contributed by atoms with E-state index < -0.39 is 16.0 Å². The summed E-state index contributed by atoms with van der Waals surface area (Å²) in [5.74, 6) is -0.254. The Morgan fingerprint density at radius 2 is 1.72 bits per heavy atom. The van der Waals surface area contributed by atoms with Crippen LogP contribution in [0.3, 0.4) is 0 Å². The molecule has 0 radical (unpaired) electrons. The monoisotopic (exact) mass is 458 g/mol. The molecule has 9 heteroatoms. The number of benzene rings is 2. The zero-order valence-electron chi connectivity index (χ0n) is 17.8. The summed E-state index contributed by atoms with van der Waals surface area (Å²) < 4.78 is 38.0. The number of hydrogen-bond acceptors (Lipinski definition) is 6. The van der Waals surface area contributed by atoms with Crippen molar-refractivity contribution in [1.82, 2.24) is 9.62 Å². The number of hydrogen-bond donors (Lipinski definition) is 1. The molecule has 0 aliphatic carbocycles. The van der Waals surface area contributed by atoms with Gasteiger partial charge in [-0.1, -0.05) is 30.3 Å². The molecule has 32 heavy (non-hydrogen) atoms. The first-order valence-electron chi connectivity index (χ1n) is 10.6. The summed E-state index contributed by atoms with van der Waals surface area (Å²) in [6, 6.07) is 13.6. The van der Waals surface area contributed by atoms with Gasteiger partial charge >= 0.3 is 5.97 Å². The number of nitrogens with zero attached hydrogens (tertiary/aromatic N) is 1. The maximum Gasteiger partial charge on any atom is 0.339 e. The molecule has 2 aliphatic heterocycles. The molecule has 2 aliphatic rings. The Bertz CT molecular complexity index is 1110. The van der Waals surface area contributed by atoms with Crippen molar-refractivity contribution in [2.45, 2.75) is 30.2 Å². The van der Waals surface area contributed by atoms with E-state index in [-0.39, 0.29) is 41.4 Å². The third-order valence-corrected chi connectivity index (χ3v) is 7.97. The standard InChI is InChI=1S/C23H26N2O6S/c1-30-23(27)18-7-3-5-9-21(18)32(28,29)25-13-10-16(11-14-25)22(26)24-19-12-15-31-20-8-4-2-6-17(19)20/h2-9,16,19H,10-15H2,1H3,(H,24,26). The van der Waals surface area contributed by atoms with Gasteiger partial charge < -0.3 is 14.8 Å². The Kier molecular flexibility index (Phi) is 6.48. The number of nitrogens with one attached hydrogen (secondary N) is 1. The summed E-state index contributed by atoms with van der Waals surface area (Å²) >= 11 is 0. The van der Waals surface area contributed by atoms with Gasteiger partial charge in [0.05, 0.1) is 30.2 Å². The molecule has 4 rings (SSSR count). The SMILES string of the molecule is COC(=O)c1ccccc1S(=O)(=O)N1CCC(C(=O)NC2CCOc3ccccc32)CC1. The molecule has 2 aromatic carbocycles. The molecule has 0 aromatic heterocycles. The van der Waals surface area contributed by atoms with Crippen molar-refractivity contribution in [1.29, 1.82) is 0 Å². The van der Waals surface area contributed by atoms with Crippen LogP contribution in [0.15, 0.2) is 53.4 Å². The van der Waals surface area contributed by atoms with Crippen molar-refractivity contribution in [3.05, 3.63) is 59.7 Å². The predicted octanol–water partition coefficient (Wildman–Crippen LogP) is 2.51. The van der Waals surface area contributed by atoms with Gasteiger partial charge in [0.25, 0.3) is 0 Å². The lowest BCUT2D eigenvalue weighted by atomic mass is 9.95. The van der Waals surface area contributed by atoms with E-state index in [0.29, 0.717) is 25.9 Å². The zero-order chi connectivity index (χ0) is 22.7. The van der Waals surface area contributed by atoms with E-state index >= 15 is 0 Å². The number of fused-ring (bicyclic) bond motifs is 1. The molecule has 0 bridgehead atoms. The van der Waals surface area contributed by atoms with Crippen LogP contribution in [0.1, 0.15) is 41.2 Å². The van der Waals surface area contributed by atoms with Gasteiger partial charge in [-0.05, 0) is 31.0 Å². The Morgan fingerprint density at radius 3 is 2.47 bits per heavy atom. The van der Waals surface area contributed by atoms with E-state index in [1.54, 1.807) is 12.1 Å². The second-order valence-electron chi connectivity index (χ2n) is 7.90. The van der Waals surface area contributed by atoms with Crippen LogP contribution in [0.4, 0.5) is 0 Å². The lowest BCUT2D eigenvalue weighted by molar-refractivity contribution is -0.127. The summed E-state index contributed by atoms with van der Waals surface area (Å²) in [4.78, 5) is 24.8. The smallest absolute Gasteiger partial charge is 0.339 e. The average Bonchev–Trinajstić information content (AvgIpc) is 2.84. The van der Waals surface area contributed by atoms with Crippen LogP contribution >= 0.6 is 0 Å². The average molecular weight is 459 g/mol. The first-order chi connectivity index (χ1) is 15.4. The third-order valence-electron chi connectivity index (χ3n) is 6.01. The number of carbonyl (C=O) groups is 2. The number of piperidine rings is 1. The topological polar surface area (TPSA) is 102 Å². The van der Waals surface area contributed by atoms with E-state index in [2.05, 4.69) is 5.32 Å². The maximum atomic E-state index is 13.2. The molecule has 1 N–H and O–H groups in total. The molecule has 1 saturated heterocycles. The Hall–Kier alpha value is -2.91.